The molecule has 8 heteroatoms. The predicted molar refractivity (Wildman–Crippen MR) is 117 cm³/mol. The molecule has 1 heterocycles. The van der Waals surface area contributed by atoms with Crippen LogP contribution in [0.1, 0.15) is 0 Å². The highest BCUT2D eigenvalue weighted by Crippen LogP contribution is 2.32. The van der Waals surface area contributed by atoms with E-state index in [1.165, 1.54) is 0 Å². The Morgan fingerprint density at radius 2 is 1.87 bits per heavy atom. The average molecular weight is 443 g/mol. The zero-order chi connectivity index (χ0) is 21.1. The first kappa shape index (κ1) is 20.1. The Morgan fingerprint density at radius 1 is 1.07 bits per heavy atom. The van der Waals surface area contributed by atoms with E-state index in [2.05, 4.69) is 10.3 Å². The van der Waals surface area contributed by atoms with Gasteiger partial charge in [-0.3, -0.25) is 4.79 Å². The summed E-state index contributed by atoms with van der Waals surface area (Å²) in [6.07, 6.45) is 0. The number of benzene rings is 3. The van der Waals surface area contributed by atoms with Crippen molar-refractivity contribution in [3.8, 4) is 23.0 Å². The summed E-state index contributed by atoms with van der Waals surface area (Å²) in [6.45, 7) is -0.131. The zero-order valence-electron chi connectivity index (χ0n) is 15.8. The molecule has 1 aromatic heterocycles. The van der Waals surface area contributed by atoms with Crippen LogP contribution in [-0.2, 0) is 4.79 Å². The highest BCUT2D eigenvalue weighted by molar-refractivity contribution is 6.32. The quantitative estimate of drug-likeness (QED) is 0.406. The molecule has 30 heavy (non-hydrogen) atoms. The number of anilines is 1. The van der Waals surface area contributed by atoms with E-state index in [4.69, 9.17) is 37.1 Å². The van der Waals surface area contributed by atoms with Gasteiger partial charge in [-0.15, -0.1) is 0 Å². The highest BCUT2D eigenvalue weighted by Gasteiger charge is 2.12. The van der Waals surface area contributed by atoms with Crippen LogP contribution in [0.2, 0.25) is 10.0 Å². The molecule has 0 unspecified atom stereocenters. The lowest BCUT2D eigenvalue weighted by molar-refractivity contribution is -0.118. The fourth-order valence-electron chi connectivity index (χ4n) is 2.80. The number of rotatable bonds is 6. The van der Waals surface area contributed by atoms with Crippen LogP contribution in [0.3, 0.4) is 0 Å². The normalized spacial score (nSPS) is 10.8. The number of amides is 1. The van der Waals surface area contributed by atoms with E-state index in [1.54, 1.807) is 61.7 Å². The summed E-state index contributed by atoms with van der Waals surface area (Å²) < 4.78 is 16.4. The molecule has 0 saturated heterocycles. The van der Waals surface area contributed by atoms with Crippen molar-refractivity contribution in [2.75, 3.05) is 19.0 Å². The van der Waals surface area contributed by atoms with Crippen molar-refractivity contribution in [2.45, 2.75) is 0 Å². The molecule has 0 atom stereocenters. The molecular weight excluding hydrogens is 427 g/mol. The average Bonchev–Trinajstić information content (AvgIpc) is 3.17. The second-order valence-electron chi connectivity index (χ2n) is 6.34. The molecular formula is C22H16Cl2N2O4. The first-order chi connectivity index (χ1) is 14.5. The monoisotopic (exact) mass is 442 g/mol. The highest BCUT2D eigenvalue weighted by atomic mass is 35.5. The number of nitrogens with zero attached hydrogens (tertiary/aromatic N) is 1. The molecule has 4 aromatic rings. The molecule has 3 aromatic carbocycles. The molecule has 6 nitrogen and oxygen atoms in total. The predicted octanol–water partition coefficient (Wildman–Crippen LogP) is 5.83. The lowest BCUT2D eigenvalue weighted by Gasteiger charge is -2.07. The van der Waals surface area contributed by atoms with Gasteiger partial charge in [0.1, 0.15) is 17.0 Å². The van der Waals surface area contributed by atoms with Gasteiger partial charge in [0.25, 0.3) is 5.91 Å². The van der Waals surface area contributed by atoms with E-state index in [9.17, 15) is 4.79 Å². The van der Waals surface area contributed by atoms with Crippen molar-refractivity contribution in [2.24, 2.45) is 0 Å². The van der Waals surface area contributed by atoms with E-state index < -0.39 is 0 Å². The van der Waals surface area contributed by atoms with Crippen LogP contribution >= 0.6 is 23.2 Å². The number of aromatic nitrogens is 1. The summed E-state index contributed by atoms with van der Waals surface area (Å²) >= 11 is 12.0. The maximum Gasteiger partial charge on any atom is 0.262 e. The van der Waals surface area contributed by atoms with Gasteiger partial charge in [0.15, 0.2) is 12.2 Å². The van der Waals surface area contributed by atoms with Crippen LogP contribution in [-0.4, -0.2) is 24.6 Å². The molecule has 0 aliphatic carbocycles. The van der Waals surface area contributed by atoms with Gasteiger partial charge >= 0.3 is 0 Å². The SMILES string of the molecule is COc1ccc(-c2nc3cc(NC(=O)COc4ccc(Cl)cc4)ccc3o2)cc1Cl. The van der Waals surface area contributed by atoms with Crippen molar-refractivity contribution >= 4 is 45.9 Å². The fraction of sp³-hybridized carbons (Fsp3) is 0.0909. The summed E-state index contributed by atoms with van der Waals surface area (Å²) in [5, 5.41) is 3.84. The third-order valence-corrected chi connectivity index (χ3v) is 4.80. The van der Waals surface area contributed by atoms with Gasteiger partial charge in [0.2, 0.25) is 5.89 Å². The Kier molecular flexibility index (Phi) is 5.79. The number of carbonyl (C=O) groups excluding carboxylic acids is 1. The molecule has 1 N–H and O–H groups in total. The van der Waals surface area contributed by atoms with Crippen molar-refractivity contribution in [1.82, 2.24) is 4.98 Å². The maximum absolute atomic E-state index is 12.2. The number of halogens is 2. The Hall–Kier alpha value is -3.22. The van der Waals surface area contributed by atoms with E-state index in [-0.39, 0.29) is 12.5 Å². The van der Waals surface area contributed by atoms with Crippen LogP contribution in [0.5, 0.6) is 11.5 Å². The minimum Gasteiger partial charge on any atom is -0.495 e. The fourth-order valence-corrected chi connectivity index (χ4v) is 3.19. The maximum atomic E-state index is 12.2. The Bertz CT molecular complexity index is 1210. The molecule has 0 saturated carbocycles. The zero-order valence-corrected chi connectivity index (χ0v) is 17.3. The molecule has 1 amide bonds. The van der Waals surface area contributed by atoms with E-state index in [0.717, 1.165) is 5.56 Å². The van der Waals surface area contributed by atoms with Gasteiger partial charge in [0.05, 0.1) is 12.1 Å². The van der Waals surface area contributed by atoms with Crippen molar-refractivity contribution in [1.29, 1.82) is 0 Å². The van der Waals surface area contributed by atoms with Gasteiger partial charge in [-0.05, 0) is 60.7 Å². The number of nitrogens with one attached hydrogen (secondary N) is 1. The van der Waals surface area contributed by atoms with Crippen LogP contribution < -0.4 is 14.8 Å². The van der Waals surface area contributed by atoms with Crippen LogP contribution in [0.15, 0.2) is 65.1 Å². The number of fused-ring (bicyclic) bond motifs is 1. The molecule has 0 aliphatic heterocycles. The molecule has 0 aliphatic rings. The summed E-state index contributed by atoms with van der Waals surface area (Å²) in [6, 6.07) is 17.3. The lowest BCUT2D eigenvalue weighted by Crippen LogP contribution is -2.20. The number of oxazole rings is 1. The summed E-state index contributed by atoms with van der Waals surface area (Å²) in [4.78, 5) is 16.7. The molecule has 0 bridgehead atoms. The second kappa shape index (κ2) is 8.65. The van der Waals surface area contributed by atoms with Crippen LogP contribution in [0, 0.1) is 0 Å². The molecule has 4 rings (SSSR count). The molecule has 152 valence electrons. The Labute approximate surface area is 182 Å². The van der Waals surface area contributed by atoms with Gasteiger partial charge < -0.3 is 19.2 Å². The minimum absolute atomic E-state index is 0.131. The van der Waals surface area contributed by atoms with Crippen molar-refractivity contribution < 1.29 is 18.7 Å². The van der Waals surface area contributed by atoms with Gasteiger partial charge in [-0.1, -0.05) is 23.2 Å². The van der Waals surface area contributed by atoms with Crippen LogP contribution in [0.4, 0.5) is 5.69 Å². The Morgan fingerprint density at radius 3 is 2.60 bits per heavy atom. The minimum atomic E-state index is -0.296. The van der Waals surface area contributed by atoms with Crippen molar-refractivity contribution in [3.63, 3.8) is 0 Å². The topological polar surface area (TPSA) is 73.6 Å². The second-order valence-corrected chi connectivity index (χ2v) is 7.19. The molecule has 0 fully saturated rings. The number of ether oxygens (including phenoxy) is 2. The first-order valence-electron chi connectivity index (χ1n) is 8.94. The summed E-state index contributed by atoms with van der Waals surface area (Å²) in [5.41, 5.74) is 2.50. The van der Waals surface area contributed by atoms with E-state index in [1.807, 2.05) is 6.07 Å². The standard InChI is InChI=1S/C22H16Cl2N2O4/c1-28-19-8-2-13(10-17(19)24)22-26-18-11-15(5-9-20(18)30-22)25-21(27)12-29-16-6-3-14(23)4-7-16/h2-11H,12H2,1H3,(H,25,27). The number of hydrogen-bond donors (Lipinski definition) is 1. The number of methoxy groups -OCH3 is 1. The molecule has 0 radical (unpaired) electrons. The summed E-state index contributed by atoms with van der Waals surface area (Å²) in [7, 11) is 1.55. The lowest BCUT2D eigenvalue weighted by atomic mass is 10.2. The van der Waals surface area contributed by atoms with Gasteiger partial charge in [-0.2, -0.15) is 0 Å². The Balaban J connectivity index is 1.46. The van der Waals surface area contributed by atoms with Crippen molar-refractivity contribution in [3.05, 3.63) is 70.7 Å². The number of carbonyl (C=O) groups is 1. The molecule has 0 spiro atoms. The third kappa shape index (κ3) is 4.50. The number of hydrogen-bond acceptors (Lipinski definition) is 5. The summed E-state index contributed by atoms with van der Waals surface area (Å²) in [5.74, 6) is 1.26. The van der Waals surface area contributed by atoms with Gasteiger partial charge in [0, 0.05) is 16.3 Å². The smallest absolute Gasteiger partial charge is 0.262 e. The van der Waals surface area contributed by atoms with Gasteiger partial charge in [-0.25, -0.2) is 4.98 Å². The van der Waals surface area contributed by atoms with Crippen LogP contribution in [0.25, 0.3) is 22.6 Å². The largest absolute Gasteiger partial charge is 0.495 e. The third-order valence-electron chi connectivity index (χ3n) is 4.25. The first-order valence-corrected chi connectivity index (χ1v) is 9.70. The van der Waals surface area contributed by atoms with E-state index >= 15 is 0 Å². The van der Waals surface area contributed by atoms with E-state index in [0.29, 0.717) is 44.2 Å².